The molecule has 34 heavy (non-hydrogen) atoms. The van der Waals surface area contributed by atoms with E-state index in [0.717, 1.165) is 68.3 Å². The van der Waals surface area contributed by atoms with Gasteiger partial charge in [-0.25, -0.2) is 0 Å². The minimum atomic E-state index is -0.737. The smallest absolute Gasteiger partial charge is 0.119 e. The largest absolute Gasteiger partial charge is 0.497 e. The third-order valence-electron chi connectivity index (χ3n) is 7.13. The maximum absolute atomic E-state index is 11.1. The number of hydrogen-bond acceptors (Lipinski definition) is 7. The number of fused-ring (bicyclic) bond motifs is 1. The number of aliphatic hydroxyl groups is 2. The van der Waals surface area contributed by atoms with Crippen molar-refractivity contribution in [3.8, 4) is 5.75 Å². The van der Waals surface area contributed by atoms with E-state index in [-0.39, 0.29) is 12.0 Å². The number of aryl methyl sites for hydroxylation is 1. The van der Waals surface area contributed by atoms with E-state index in [0.29, 0.717) is 22.8 Å². The van der Waals surface area contributed by atoms with Crippen LogP contribution in [-0.4, -0.2) is 63.4 Å². The van der Waals surface area contributed by atoms with E-state index in [4.69, 9.17) is 16.3 Å². The van der Waals surface area contributed by atoms with Crippen LogP contribution in [0.5, 0.6) is 5.75 Å². The van der Waals surface area contributed by atoms with Crippen LogP contribution in [0.1, 0.15) is 49.5 Å². The summed E-state index contributed by atoms with van der Waals surface area (Å²) in [5.41, 5.74) is 2.30. The molecule has 0 amide bonds. The third kappa shape index (κ3) is 5.84. The first-order valence-corrected chi connectivity index (χ1v) is 12.3. The predicted molar refractivity (Wildman–Crippen MR) is 133 cm³/mol. The molecule has 3 heterocycles. The van der Waals surface area contributed by atoms with Crippen molar-refractivity contribution in [3.63, 3.8) is 0 Å². The van der Waals surface area contributed by atoms with Crippen LogP contribution in [0.2, 0.25) is 5.02 Å². The number of methoxy groups -OCH3 is 1. The summed E-state index contributed by atoms with van der Waals surface area (Å²) in [6, 6.07) is 5.59. The summed E-state index contributed by atoms with van der Waals surface area (Å²) < 4.78 is 5.35. The first-order chi connectivity index (χ1) is 16.5. The fraction of sp³-hybridized carbons (Fsp3) is 0.500. The Bertz CT molecular complexity index is 1070. The highest BCUT2D eigenvalue weighted by Crippen LogP contribution is 2.40. The number of halogens is 1. The van der Waals surface area contributed by atoms with Crippen molar-refractivity contribution in [3.05, 3.63) is 59.3 Å². The summed E-state index contributed by atoms with van der Waals surface area (Å²) in [4.78, 5) is 15.3. The highest BCUT2D eigenvalue weighted by molar-refractivity contribution is 6.32. The lowest BCUT2D eigenvalue weighted by atomic mass is 9.74. The van der Waals surface area contributed by atoms with Crippen LogP contribution in [0.25, 0.3) is 10.9 Å². The van der Waals surface area contributed by atoms with Crippen LogP contribution in [-0.2, 0) is 6.42 Å². The average molecular weight is 485 g/mol. The Morgan fingerprint density at radius 1 is 1.18 bits per heavy atom. The lowest BCUT2D eigenvalue weighted by Gasteiger charge is -2.41. The molecule has 7 nitrogen and oxygen atoms in total. The van der Waals surface area contributed by atoms with E-state index in [2.05, 4.69) is 19.9 Å². The highest BCUT2D eigenvalue weighted by atomic mass is 35.5. The summed E-state index contributed by atoms with van der Waals surface area (Å²) >= 11 is 6.47. The number of aliphatic hydroxyl groups excluding tert-OH is 2. The summed E-state index contributed by atoms with van der Waals surface area (Å²) in [6.45, 7) is 3.05. The number of nitrogens with zero attached hydrogens (tertiary/aromatic N) is 4. The van der Waals surface area contributed by atoms with Gasteiger partial charge in [0.2, 0.25) is 0 Å². The topological polar surface area (TPSA) is 91.6 Å². The van der Waals surface area contributed by atoms with Crippen LogP contribution in [0.4, 0.5) is 0 Å². The van der Waals surface area contributed by atoms with E-state index in [1.165, 1.54) is 0 Å². The number of likely N-dealkylation sites (tertiary alicyclic amines) is 1. The molecule has 0 spiro atoms. The third-order valence-corrected chi connectivity index (χ3v) is 7.43. The highest BCUT2D eigenvalue weighted by Gasteiger charge is 2.34. The molecule has 0 saturated carbocycles. The fourth-order valence-electron chi connectivity index (χ4n) is 4.90. The molecule has 1 aliphatic heterocycles. The average Bonchev–Trinajstić information content (AvgIpc) is 2.88. The molecule has 1 aromatic carbocycles. The maximum atomic E-state index is 11.1. The Labute approximate surface area is 205 Å². The quantitative estimate of drug-likeness (QED) is 0.445. The monoisotopic (exact) mass is 484 g/mol. The molecule has 182 valence electrons. The normalized spacial score (nSPS) is 17.1. The predicted octanol–water partition coefficient (Wildman–Crippen LogP) is 4.21. The summed E-state index contributed by atoms with van der Waals surface area (Å²) in [5.74, 6) is 0.698. The lowest BCUT2D eigenvalue weighted by Crippen LogP contribution is -2.42. The van der Waals surface area contributed by atoms with Crippen molar-refractivity contribution in [1.29, 1.82) is 0 Å². The summed E-state index contributed by atoms with van der Waals surface area (Å²) in [7, 11) is 1.61. The molecule has 1 aliphatic rings. The molecule has 1 unspecified atom stereocenters. The number of pyridine rings is 1. The van der Waals surface area contributed by atoms with Crippen LogP contribution < -0.4 is 4.74 Å². The molecule has 0 radical (unpaired) electrons. The first kappa shape index (κ1) is 24.8. The van der Waals surface area contributed by atoms with Crippen molar-refractivity contribution in [2.45, 2.75) is 44.6 Å². The van der Waals surface area contributed by atoms with Gasteiger partial charge in [-0.2, -0.15) is 0 Å². The number of ether oxygens (including phenoxy) is 1. The molecular weight excluding hydrogens is 452 g/mol. The Balaban J connectivity index is 1.34. The van der Waals surface area contributed by atoms with Gasteiger partial charge in [-0.15, -0.1) is 0 Å². The summed E-state index contributed by atoms with van der Waals surface area (Å²) in [6.07, 6.45) is 11.2. The van der Waals surface area contributed by atoms with E-state index in [9.17, 15) is 10.2 Å². The molecule has 8 heteroatoms. The molecular formula is C26H33ClN4O3. The minimum Gasteiger partial charge on any atom is -0.497 e. The van der Waals surface area contributed by atoms with Gasteiger partial charge in [0.1, 0.15) is 5.75 Å². The number of hydrogen-bond donors (Lipinski definition) is 2. The molecule has 4 rings (SSSR count). The van der Waals surface area contributed by atoms with Gasteiger partial charge in [0.25, 0.3) is 0 Å². The van der Waals surface area contributed by atoms with Crippen molar-refractivity contribution in [1.82, 2.24) is 19.9 Å². The molecule has 1 saturated heterocycles. The van der Waals surface area contributed by atoms with E-state index >= 15 is 0 Å². The zero-order chi connectivity index (χ0) is 24.0. The summed E-state index contributed by atoms with van der Waals surface area (Å²) in [5, 5.41) is 22.6. The van der Waals surface area contributed by atoms with Crippen LogP contribution in [0, 0.1) is 5.41 Å². The van der Waals surface area contributed by atoms with Crippen molar-refractivity contribution in [2.24, 2.45) is 5.41 Å². The van der Waals surface area contributed by atoms with Crippen LogP contribution in [0.3, 0.4) is 0 Å². The molecule has 3 aromatic rings. The Hall–Kier alpha value is -2.32. The molecule has 0 bridgehead atoms. The van der Waals surface area contributed by atoms with Gasteiger partial charge in [0.05, 0.1) is 29.4 Å². The van der Waals surface area contributed by atoms with Gasteiger partial charge >= 0.3 is 0 Å². The number of rotatable bonds is 10. The first-order valence-electron chi connectivity index (χ1n) is 11.9. The van der Waals surface area contributed by atoms with Gasteiger partial charge in [0, 0.05) is 42.3 Å². The van der Waals surface area contributed by atoms with Crippen molar-refractivity contribution < 1.29 is 14.9 Å². The second kappa shape index (κ2) is 11.4. The number of piperidine rings is 1. The SMILES string of the molecule is COc1ccc2ncc(Cl)c(C(O)CCC3(CO)CCN(CCCc4cnccn4)CC3)c2c1. The van der Waals surface area contributed by atoms with Crippen molar-refractivity contribution in [2.75, 3.05) is 33.4 Å². The number of benzene rings is 1. The zero-order valence-corrected chi connectivity index (χ0v) is 20.4. The standard InChI is InChI=1S/C26H33ClN4O3/c1-34-20-4-5-23-21(15-20)25(22(27)17-30-23)24(33)6-7-26(18-32)8-13-31(14-9-26)12-2-3-19-16-28-10-11-29-19/h4-5,10-11,15-17,24,32-33H,2-3,6-9,12-14,18H2,1H3. The second-order valence-electron chi connectivity index (χ2n) is 9.26. The van der Waals surface area contributed by atoms with Gasteiger partial charge in [-0.05, 0) is 81.8 Å². The molecule has 0 aliphatic carbocycles. The molecule has 1 fully saturated rings. The Kier molecular flexibility index (Phi) is 8.32. The molecule has 2 aromatic heterocycles. The van der Waals surface area contributed by atoms with E-state index in [1.54, 1.807) is 25.7 Å². The second-order valence-corrected chi connectivity index (χ2v) is 9.66. The lowest BCUT2D eigenvalue weighted by molar-refractivity contribution is 0.0234. The van der Waals surface area contributed by atoms with E-state index in [1.807, 2.05) is 24.4 Å². The Morgan fingerprint density at radius 2 is 2.00 bits per heavy atom. The maximum Gasteiger partial charge on any atom is 0.119 e. The molecule has 1 atom stereocenters. The Morgan fingerprint density at radius 3 is 2.71 bits per heavy atom. The zero-order valence-electron chi connectivity index (χ0n) is 19.7. The van der Waals surface area contributed by atoms with Crippen LogP contribution >= 0.6 is 11.6 Å². The van der Waals surface area contributed by atoms with E-state index < -0.39 is 6.10 Å². The minimum absolute atomic E-state index is 0.131. The van der Waals surface area contributed by atoms with Gasteiger partial charge in [-0.1, -0.05) is 11.6 Å². The van der Waals surface area contributed by atoms with Gasteiger partial charge in [-0.3, -0.25) is 15.0 Å². The van der Waals surface area contributed by atoms with Crippen LogP contribution in [0.15, 0.2) is 43.0 Å². The fourth-order valence-corrected chi connectivity index (χ4v) is 5.18. The molecule has 2 N–H and O–H groups in total. The number of aromatic nitrogens is 3. The van der Waals surface area contributed by atoms with Gasteiger partial charge < -0.3 is 19.8 Å². The van der Waals surface area contributed by atoms with Gasteiger partial charge in [0.15, 0.2) is 0 Å². The van der Waals surface area contributed by atoms with Crippen molar-refractivity contribution >= 4 is 22.5 Å².